The van der Waals surface area contributed by atoms with E-state index >= 15 is 0 Å². The normalized spacial score (nSPS) is 12.9. The Bertz CT molecular complexity index is 627. The summed E-state index contributed by atoms with van der Waals surface area (Å²) in [7, 11) is -4.58. The van der Waals surface area contributed by atoms with Gasteiger partial charge in [-0.3, -0.25) is 0 Å². The average molecular weight is 401 g/mol. The molecule has 0 aliphatic heterocycles. The van der Waals surface area contributed by atoms with E-state index in [2.05, 4.69) is 101 Å². The van der Waals surface area contributed by atoms with Gasteiger partial charge in [0.05, 0.1) is 17.6 Å². The predicted octanol–water partition coefficient (Wildman–Crippen LogP) is 3.15. The highest BCUT2D eigenvalue weighted by Gasteiger charge is 2.35. The number of rotatable bonds is 6. The SMILES string of the molecule is C[Si](C)c1ccc([Si](C)(C)O[Si](C)(C)c2ccc([Si](C)C)cc2)cc1. The van der Waals surface area contributed by atoms with E-state index in [9.17, 15) is 0 Å². The molecular weight excluding hydrogens is 369 g/mol. The van der Waals surface area contributed by atoms with Crippen molar-refractivity contribution in [3.8, 4) is 0 Å². The number of benzene rings is 2. The van der Waals surface area contributed by atoms with Crippen LogP contribution in [0.3, 0.4) is 0 Å². The van der Waals surface area contributed by atoms with Gasteiger partial charge in [-0.25, -0.2) is 0 Å². The summed E-state index contributed by atoms with van der Waals surface area (Å²) in [6.45, 7) is 18.7. The van der Waals surface area contributed by atoms with Crippen LogP contribution in [0.5, 0.6) is 0 Å². The second kappa shape index (κ2) is 7.88. The minimum absolute atomic E-state index is 0.376. The maximum absolute atomic E-state index is 6.89. The fourth-order valence-corrected chi connectivity index (χ4v) is 12.8. The summed E-state index contributed by atoms with van der Waals surface area (Å²) in [6, 6.07) is 18.5. The Hall–Kier alpha value is -0.732. The lowest BCUT2D eigenvalue weighted by molar-refractivity contribution is 0.573. The van der Waals surface area contributed by atoms with Crippen molar-refractivity contribution < 1.29 is 4.12 Å². The van der Waals surface area contributed by atoms with Gasteiger partial charge in [0.25, 0.3) is 0 Å². The molecular formula is C20H32OSi4. The van der Waals surface area contributed by atoms with Crippen LogP contribution in [0.25, 0.3) is 0 Å². The van der Waals surface area contributed by atoms with Gasteiger partial charge >= 0.3 is 0 Å². The molecule has 0 N–H and O–H groups in total. The summed E-state index contributed by atoms with van der Waals surface area (Å²) in [5.74, 6) is 0. The van der Waals surface area contributed by atoms with Crippen molar-refractivity contribution in [3.05, 3.63) is 48.5 Å². The highest BCUT2D eigenvalue weighted by atomic mass is 28.4. The molecule has 25 heavy (non-hydrogen) atoms. The summed E-state index contributed by atoms with van der Waals surface area (Å²) in [5.41, 5.74) is 0. The molecule has 0 aromatic heterocycles. The largest absolute Gasteiger partial charge is 0.449 e. The van der Waals surface area contributed by atoms with Gasteiger partial charge in [-0.1, -0.05) is 85.1 Å². The second-order valence-electron chi connectivity index (χ2n) is 8.28. The van der Waals surface area contributed by atoms with E-state index in [1.807, 2.05) is 0 Å². The second-order valence-corrected chi connectivity index (χ2v) is 21.4. The lowest BCUT2D eigenvalue weighted by atomic mass is 10.4. The third-order valence-electron chi connectivity index (χ3n) is 4.83. The molecule has 2 radical (unpaired) electrons. The number of hydrogen-bond acceptors (Lipinski definition) is 1. The van der Waals surface area contributed by atoms with Gasteiger partial charge in [0, 0.05) is 0 Å². The first-order valence-electron chi connectivity index (χ1n) is 9.05. The third-order valence-corrected chi connectivity index (χ3v) is 15.3. The maximum Gasteiger partial charge on any atom is 0.206 e. The van der Waals surface area contributed by atoms with Crippen LogP contribution in [0.1, 0.15) is 0 Å². The summed E-state index contributed by atoms with van der Waals surface area (Å²) < 4.78 is 6.89. The molecule has 0 saturated carbocycles. The van der Waals surface area contributed by atoms with Crippen molar-refractivity contribution in [1.82, 2.24) is 0 Å². The Morgan fingerprint density at radius 2 is 0.840 bits per heavy atom. The number of hydrogen-bond donors (Lipinski definition) is 0. The van der Waals surface area contributed by atoms with E-state index < -0.39 is 16.6 Å². The first-order chi connectivity index (χ1) is 11.5. The van der Waals surface area contributed by atoms with Crippen molar-refractivity contribution in [1.29, 1.82) is 0 Å². The minimum Gasteiger partial charge on any atom is -0.449 e. The predicted molar refractivity (Wildman–Crippen MR) is 122 cm³/mol. The van der Waals surface area contributed by atoms with Crippen LogP contribution >= 0.6 is 0 Å². The highest BCUT2D eigenvalue weighted by molar-refractivity contribution is 6.97. The maximum atomic E-state index is 6.89. The molecule has 2 rings (SSSR count). The van der Waals surface area contributed by atoms with E-state index in [0.29, 0.717) is 0 Å². The summed E-state index contributed by atoms with van der Waals surface area (Å²) in [6.07, 6.45) is 0. The highest BCUT2D eigenvalue weighted by Crippen LogP contribution is 2.15. The zero-order valence-electron chi connectivity index (χ0n) is 17.0. The zero-order valence-corrected chi connectivity index (χ0v) is 21.0. The molecule has 0 aliphatic carbocycles. The molecule has 2 aromatic carbocycles. The van der Waals surface area contributed by atoms with Gasteiger partial charge in [-0.05, 0) is 36.6 Å². The van der Waals surface area contributed by atoms with Crippen LogP contribution in [-0.2, 0) is 4.12 Å². The molecule has 134 valence electrons. The monoisotopic (exact) mass is 400 g/mol. The van der Waals surface area contributed by atoms with Crippen molar-refractivity contribution in [2.24, 2.45) is 0 Å². The van der Waals surface area contributed by atoms with E-state index in [0.717, 1.165) is 0 Å². The van der Waals surface area contributed by atoms with Crippen LogP contribution < -0.4 is 20.7 Å². The van der Waals surface area contributed by atoms with Gasteiger partial charge in [0.2, 0.25) is 16.6 Å². The molecule has 2 aromatic rings. The molecule has 0 unspecified atom stereocenters. The van der Waals surface area contributed by atoms with E-state index in [1.54, 1.807) is 0 Å². The molecule has 5 heteroatoms. The minimum atomic E-state index is -1.91. The average Bonchev–Trinajstić information content (AvgIpc) is 2.54. The lowest BCUT2D eigenvalue weighted by Crippen LogP contribution is -2.58. The Morgan fingerprint density at radius 1 is 0.560 bits per heavy atom. The van der Waals surface area contributed by atoms with Crippen LogP contribution in [0.4, 0.5) is 0 Å². The first kappa shape index (κ1) is 20.6. The fourth-order valence-electron chi connectivity index (χ4n) is 3.17. The standard InChI is InChI=1S/C20H32OSi4/c1-22(2)17-9-13-19(14-10-17)24(5,6)21-25(7,8)20-15-11-18(12-16-20)23(3)4/h9-16H,1-8H3. The molecule has 0 amide bonds. The molecule has 0 saturated heterocycles. The lowest BCUT2D eigenvalue weighted by Gasteiger charge is -2.35. The Labute approximate surface area is 159 Å². The summed E-state index contributed by atoms with van der Waals surface area (Å²) in [4.78, 5) is 0. The topological polar surface area (TPSA) is 9.23 Å². The van der Waals surface area contributed by atoms with Crippen molar-refractivity contribution in [3.63, 3.8) is 0 Å². The Kier molecular flexibility index (Phi) is 6.48. The molecule has 0 atom stereocenters. The molecule has 0 fully saturated rings. The molecule has 0 heterocycles. The molecule has 0 bridgehead atoms. The van der Waals surface area contributed by atoms with Gasteiger partial charge in [0.1, 0.15) is 0 Å². The van der Waals surface area contributed by atoms with Crippen molar-refractivity contribution in [2.45, 2.75) is 52.4 Å². The van der Waals surface area contributed by atoms with Crippen LogP contribution in [0, 0.1) is 0 Å². The van der Waals surface area contributed by atoms with Crippen LogP contribution in [0.2, 0.25) is 52.4 Å². The van der Waals surface area contributed by atoms with Crippen LogP contribution in [-0.4, -0.2) is 34.2 Å². The van der Waals surface area contributed by atoms with Gasteiger partial charge in [0.15, 0.2) is 0 Å². The van der Waals surface area contributed by atoms with Gasteiger partial charge in [-0.2, -0.15) is 0 Å². The molecule has 0 spiro atoms. The molecule has 0 aliphatic rings. The van der Waals surface area contributed by atoms with E-state index in [1.165, 1.54) is 20.7 Å². The molecule has 1 nitrogen and oxygen atoms in total. The first-order valence-corrected chi connectivity index (χ1v) is 19.9. The zero-order chi connectivity index (χ0) is 18.8. The fraction of sp³-hybridized carbons (Fsp3) is 0.400. The van der Waals surface area contributed by atoms with Crippen LogP contribution in [0.15, 0.2) is 48.5 Å². The Balaban J connectivity index is 2.22. The van der Waals surface area contributed by atoms with Gasteiger partial charge in [-0.15, -0.1) is 0 Å². The van der Waals surface area contributed by atoms with Crippen molar-refractivity contribution in [2.75, 3.05) is 0 Å². The summed E-state index contributed by atoms with van der Waals surface area (Å²) in [5, 5.41) is 5.82. The van der Waals surface area contributed by atoms with Crippen molar-refractivity contribution >= 4 is 55.0 Å². The smallest absolute Gasteiger partial charge is 0.206 e. The van der Waals surface area contributed by atoms with Gasteiger partial charge < -0.3 is 4.12 Å². The third kappa shape index (κ3) is 5.14. The van der Waals surface area contributed by atoms with E-state index in [-0.39, 0.29) is 17.6 Å². The quantitative estimate of drug-likeness (QED) is 0.677. The Morgan fingerprint density at radius 3 is 1.08 bits per heavy atom. The summed E-state index contributed by atoms with van der Waals surface area (Å²) >= 11 is 0. The van der Waals surface area contributed by atoms with E-state index in [4.69, 9.17) is 4.12 Å².